The van der Waals surface area contributed by atoms with Gasteiger partial charge in [-0.3, -0.25) is 9.52 Å². The molecule has 0 radical (unpaired) electrons. The normalized spacial score (nSPS) is 13.5. The number of ether oxygens (including phenoxy) is 1. The molecule has 0 bridgehead atoms. The Morgan fingerprint density at radius 1 is 1.13 bits per heavy atom. The molecule has 4 rings (SSSR count). The average Bonchev–Trinajstić information content (AvgIpc) is 3.32. The molecular weight excluding hydrogens is 416 g/mol. The van der Waals surface area contributed by atoms with Crippen LogP contribution in [0.4, 0.5) is 5.69 Å². The van der Waals surface area contributed by atoms with Crippen molar-refractivity contribution in [3.05, 3.63) is 83.3 Å². The highest BCUT2D eigenvalue weighted by Gasteiger charge is 2.24. The minimum atomic E-state index is -3.52. The van der Waals surface area contributed by atoms with Crippen LogP contribution in [0.5, 0.6) is 5.75 Å². The summed E-state index contributed by atoms with van der Waals surface area (Å²) in [7, 11) is -1.93. The molecule has 3 aromatic rings. The van der Waals surface area contributed by atoms with Gasteiger partial charge in [0.05, 0.1) is 19.1 Å². The minimum Gasteiger partial charge on any atom is -0.497 e. The molecule has 7 nitrogen and oxygen atoms in total. The Balaban J connectivity index is 1.41. The summed E-state index contributed by atoms with van der Waals surface area (Å²) in [6, 6.07) is 16.2. The number of aryl methyl sites for hydroxylation is 1. The van der Waals surface area contributed by atoms with Crippen molar-refractivity contribution in [1.82, 2.24) is 4.90 Å². The van der Waals surface area contributed by atoms with Crippen molar-refractivity contribution in [3.8, 4) is 5.75 Å². The molecule has 0 saturated heterocycles. The SMILES string of the molecule is COc1ccc(CCS(=O)(=O)Nc2ccc3c(c2)CN(C(=O)c2ccco2)CC3)cc1. The molecule has 2 aromatic carbocycles. The van der Waals surface area contributed by atoms with Gasteiger partial charge in [-0.15, -0.1) is 0 Å². The summed E-state index contributed by atoms with van der Waals surface area (Å²) < 4.78 is 38.2. The zero-order chi connectivity index (χ0) is 21.8. The minimum absolute atomic E-state index is 0.0283. The van der Waals surface area contributed by atoms with E-state index in [1.165, 1.54) is 6.26 Å². The maximum Gasteiger partial charge on any atom is 0.289 e. The predicted molar refractivity (Wildman–Crippen MR) is 118 cm³/mol. The first-order valence-corrected chi connectivity index (χ1v) is 11.7. The Labute approximate surface area is 181 Å². The molecule has 0 spiro atoms. The Morgan fingerprint density at radius 3 is 2.65 bits per heavy atom. The van der Waals surface area contributed by atoms with Gasteiger partial charge in [0.1, 0.15) is 5.75 Å². The first kappa shape index (κ1) is 21.0. The van der Waals surface area contributed by atoms with E-state index < -0.39 is 10.0 Å². The molecule has 0 saturated carbocycles. The van der Waals surface area contributed by atoms with Gasteiger partial charge in [-0.05, 0) is 65.9 Å². The average molecular weight is 441 g/mol. The molecule has 1 amide bonds. The van der Waals surface area contributed by atoms with Crippen LogP contribution in [0.2, 0.25) is 0 Å². The zero-order valence-corrected chi connectivity index (χ0v) is 18.0. The van der Waals surface area contributed by atoms with E-state index in [4.69, 9.17) is 9.15 Å². The topological polar surface area (TPSA) is 88.9 Å². The molecule has 2 heterocycles. The van der Waals surface area contributed by atoms with E-state index in [9.17, 15) is 13.2 Å². The lowest BCUT2D eigenvalue weighted by molar-refractivity contribution is 0.0702. The summed E-state index contributed by atoms with van der Waals surface area (Å²) >= 11 is 0. The van der Waals surface area contributed by atoms with Crippen molar-refractivity contribution in [2.75, 3.05) is 24.1 Å². The molecule has 1 N–H and O–H groups in total. The summed E-state index contributed by atoms with van der Waals surface area (Å²) in [5.74, 6) is 0.845. The number of hydrogen-bond donors (Lipinski definition) is 1. The molecule has 1 aromatic heterocycles. The molecular formula is C23H24N2O5S. The third-order valence-corrected chi connectivity index (χ3v) is 6.62. The highest BCUT2D eigenvalue weighted by molar-refractivity contribution is 7.92. The molecule has 31 heavy (non-hydrogen) atoms. The van der Waals surface area contributed by atoms with Crippen LogP contribution in [0.25, 0.3) is 0 Å². The number of carbonyl (C=O) groups excluding carboxylic acids is 1. The van der Waals surface area contributed by atoms with Crippen molar-refractivity contribution in [3.63, 3.8) is 0 Å². The largest absolute Gasteiger partial charge is 0.497 e. The number of rotatable bonds is 7. The first-order chi connectivity index (χ1) is 14.9. The molecule has 1 aliphatic rings. The van der Waals surface area contributed by atoms with E-state index in [2.05, 4.69) is 4.72 Å². The lowest BCUT2D eigenvalue weighted by Crippen LogP contribution is -2.35. The summed E-state index contributed by atoms with van der Waals surface area (Å²) in [6.45, 7) is 1.01. The number of hydrogen-bond acceptors (Lipinski definition) is 5. The lowest BCUT2D eigenvalue weighted by Gasteiger charge is -2.28. The fraction of sp³-hybridized carbons (Fsp3) is 0.261. The Kier molecular flexibility index (Phi) is 5.99. The van der Waals surface area contributed by atoms with E-state index in [0.717, 1.165) is 22.4 Å². The van der Waals surface area contributed by atoms with E-state index in [1.54, 1.807) is 30.2 Å². The second-order valence-electron chi connectivity index (χ2n) is 7.46. The molecule has 162 valence electrons. The zero-order valence-electron chi connectivity index (χ0n) is 17.2. The molecule has 0 atom stereocenters. The van der Waals surface area contributed by atoms with Crippen LogP contribution in [0.1, 0.15) is 27.2 Å². The van der Waals surface area contributed by atoms with Gasteiger partial charge < -0.3 is 14.1 Å². The van der Waals surface area contributed by atoms with Gasteiger partial charge in [0.15, 0.2) is 5.76 Å². The van der Waals surface area contributed by atoms with Crippen molar-refractivity contribution in [1.29, 1.82) is 0 Å². The highest BCUT2D eigenvalue weighted by Crippen LogP contribution is 2.25. The van der Waals surface area contributed by atoms with E-state index in [0.29, 0.717) is 37.4 Å². The van der Waals surface area contributed by atoms with Crippen molar-refractivity contribution in [2.24, 2.45) is 0 Å². The van der Waals surface area contributed by atoms with Crippen molar-refractivity contribution >= 4 is 21.6 Å². The smallest absolute Gasteiger partial charge is 0.289 e. The second-order valence-corrected chi connectivity index (χ2v) is 9.30. The third-order valence-electron chi connectivity index (χ3n) is 5.33. The Morgan fingerprint density at radius 2 is 1.94 bits per heavy atom. The summed E-state index contributed by atoms with van der Waals surface area (Å²) in [5, 5.41) is 0. The number of amides is 1. The fourth-order valence-electron chi connectivity index (χ4n) is 3.63. The number of fused-ring (bicyclic) bond motifs is 1. The summed E-state index contributed by atoms with van der Waals surface area (Å²) in [6.07, 6.45) is 2.59. The van der Waals surface area contributed by atoms with Crippen LogP contribution in [0.3, 0.4) is 0 Å². The monoisotopic (exact) mass is 440 g/mol. The molecule has 8 heteroatoms. The van der Waals surface area contributed by atoms with Gasteiger partial charge in [-0.25, -0.2) is 8.42 Å². The van der Waals surface area contributed by atoms with Crippen molar-refractivity contribution in [2.45, 2.75) is 19.4 Å². The molecule has 0 aliphatic carbocycles. The van der Waals surface area contributed by atoms with Crippen LogP contribution >= 0.6 is 0 Å². The Hall–Kier alpha value is -3.26. The maximum atomic E-state index is 12.6. The van der Waals surface area contributed by atoms with Gasteiger partial charge >= 0.3 is 0 Å². The standard InChI is InChI=1S/C23H24N2O5S/c1-29-21-8-4-17(5-9-21)11-14-31(27,28)24-20-7-6-18-10-12-25(16-19(18)15-20)23(26)22-3-2-13-30-22/h2-9,13,15,24H,10-12,14,16H2,1H3. The number of methoxy groups -OCH3 is 1. The van der Waals surface area contributed by atoms with Gasteiger partial charge in [0.25, 0.3) is 5.91 Å². The Bertz CT molecular complexity index is 1160. The summed E-state index contributed by atoms with van der Waals surface area (Å²) in [4.78, 5) is 14.3. The van der Waals surface area contributed by atoms with Crippen LogP contribution < -0.4 is 9.46 Å². The number of sulfonamides is 1. The van der Waals surface area contributed by atoms with E-state index in [1.807, 2.05) is 36.4 Å². The van der Waals surface area contributed by atoms with Crippen molar-refractivity contribution < 1.29 is 22.4 Å². The summed E-state index contributed by atoms with van der Waals surface area (Å²) in [5.41, 5.74) is 3.47. The van der Waals surface area contributed by atoms with Crippen LogP contribution in [-0.2, 0) is 29.4 Å². The maximum absolute atomic E-state index is 12.6. The quantitative estimate of drug-likeness (QED) is 0.608. The van der Waals surface area contributed by atoms with Gasteiger partial charge in [0, 0.05) is 18.8 Å². The second kappa shape index (κ2) is 8.85. The lowest BCUT2D eigenvalue weighted by atomic mass is 9.99. The highest BCUT2D eigenvalue weighted by atomic mass is 32.2. The van der Waals surface area contributed by atoms with Crippen LogP contribution in [0.15, 0.2) is 65.3 Å². The number of anilines is 1. The molecule has 1 aliphatic heterocycles. The first-order valence-electron chi connectivity index (χ1n) is 10.0. The van der Waals surface area contributed by atoms with Gasteiger partial charge in [0.2, 0.25) is 10.0 Å². The number of furan rings is 1. The van der Waals surface area contributed by atoms with Gasteiger partial charge in [-0.2, -0.15) is 0 Å². The number of carbonyl (C=O) groups is 1. The number of benzene rings is 2. The van der Waals surface area contributed by atoms with Crippen LogP contribution in [0, 0.1) is 0 Å². The molecule has 0 fully saturated rings. The fourth-order valence-corrected chi connectivity index (χ4v) is 4.72. The predicted octanol–water partition coefficient (Wildman–Crippen LogP) is 3.47. The van der Waals surface area contributed by atoms with E-state index >= 15 is 0 Å². The molecule has 0 unspecified atom stereocenters. The van der Waals surface area contributed by atoms with E-state index in [-0.39, 0.29) is 11.7 Å². The third kappa shape index (κ3) is 5.08. The number of nitrogens with zero attached hydrogens (tertiary/aromatic N) is 1. The van der Waals surface area contributed by atoms with Crippen LogP contribution in [-0.4, -0.2) is 38.6 Å². The van der Waals surface area contributed by atoms with Gasteiger partial charge in [-0.1, -0.05) is 18.2 Å². The number of nitrogens with one attached hydrogen (secondary N) is 1.